The normalized spacial score (nSPS) is 11.9. The predicted octanol–water partition coefficient (Wildman–Crippen LogP) is 2.94. The van der Waals surface area contributed by atoms with Gasteiger partial charge in [0.25, 0.3) is 5.56 Å². The van der Waals surface area contributed by atoms with E-state index in [-0.39, 0.29) is 5.56 Å². The number of benzene rings is 2. The lowest BCUT2D eigenvalue weighted by atomic mass is 10.1. The summed E-state index contributed by atoms with van der Waals surface area (Å²) in [6.07, 6.45) is 0. The fourth-order valence-corrected chi connectivity index (χ4v) is 3.95. The van der Waals surface area contributed by atoms with Crippen LogP contribution in [0, 0.1) is 13.8 Å². The summed E-state index contributed by atoms with van der Waals surface area (Å²) in [6.45, 7) is 5.53. The van der Waals surface area contributed by atoms with Crippen LogP contribution in [0.3, 0.4) is 0 Å². The quantitative estimate of drug-likeness (QED) is 0.510. The number of rotatable bonds is 4. The molecule has 0 saturated heterocycles. The minimum atomic E-state index is -0.643. The van der Waals surface area contributed by atoms with Crippen molar-refractivity contribution in [1.82, 2.24) is 20.2 Å². The Bertz CT molecular complexity index is 1140. The lowest BCUT2D eigenvalue weighted by Gasteiger charge is -2.19. The molecular weight excluding hydrogens is 388 g/mol. The Morgan fingerprint density at radius 2 is 1.72 bits per heavy atom. The fourth-order valence-electron chi connectivity index (χ4n) is 3.03. The summed E-state index contributed by atoms with van der Waals surface area (Å²) in [5.74, 6) is -0.468. The number of nitrogens with zero attached hydrogens (tertiary/aromatic N) is 2. The van der Waals surface area contributed by atoms with Crippen LogP contribution >= 0.6 is 11.8 Å². The number of carbonyl (C=O) groups is 2. The Morgan fingerprint density at radius 1 is 1.07 bits per heavy atom. The van der Waals surface area contributed by atoms with Crippen LogP contribution in [0.4, 0.5) is 4.79 Å². The zero-order valence-electron chi connectivity index (χ0n) is 16.6. The van der Waals surface area contributed by atoms with E-state index in [1.165, 1.54) is 7.05 Å². The summed E-state index contributed by atoms with van der Waals surface area (Å²) in [4.78, 5) is 41.8. The van der Waals surface area contributed by atoms with Gasteiger partial charge in [-0.15, -0.1) is 0 Å². The third-order valence-electron chi connectivity index (χ3n) is 4.52. The molecule has 2 aromatic carbocycles. The van der Waals surface area contributed by atoms with E-state index in [0.717, 1.165) is 28.6 Å². The van der Waals surface area contributed by atoms with Gasteiger partial charge in [0, 0.05) is 7.05 Å². The van der Waals surface area contributed by atoms with Crippen LogP contribution in [0.1, 0.15) is 18.1 Å². The van der Waals surface area contributed by atoms with Crippen LogP contribution in [-0.2, 0) is 4.79 Å². The molecule has 3 aromatic rings. The smallest absolute Gasteiger partial charge is 0.321 e. The average molecular weight is 410 g/mol. The number of nitrogens with one attached hydrogen (secondary N) is 2. The molecule has 0 unspecified atom stereocenters. The topological polar surface area (TPSA) is 93.1 Å². The largest absolute Gasteiger partial charge is 0.341 e. The van der Waals surface area contributed by atoms with E-state index >= 15 is 0 Å². The number of fused-ring (bicyclic) bond motifs is 1. The Labute approximate surface area is 172 Å². The third kappa shape index (κ3) is 4.17. The highest BCUT2D eigenvalue weighted by atomic mass is 32.2. The van der Waals surface area contributed by atoms with Crippen molar-refractivity contribution in [2.75, 3.05) is 7.05 Å². The molecule has 3 amide bonds. The Morgan fingerprint density at radius 3 is 2.38 bits per heavy atom. The van der Waals surface area contributed by atoms with Crippen LogP contribution in [0.5, 0.6) is 0 Å². The monoisotopic (exact) mass is 410 g/mol. The van der Waals surface area contributed by atoms with Gasteiger partial charge in [-0.2, -0.15) is 0 Å². The highest BCUT2D eigenvalue weighted by Crippen LogP contribution is 2.27. The van der Waals surface area contributed by atoms with Crippen molar-refractivity contribution in [3.05, 3.63) is 63.9 Å². The molecule has 1 atom stereocenters. The third-order valence-corrected chi connectivity index (χ3v) is 5.58. The van der Waals surface area contributed by atoms with Gasteiger partial charge in [-0.1, -0.05) is 42.1 Å². The predicted molar refractivity (Wildman–Crippen MR) is 115 cm³/mol. The zero-order chi connectivity index (χ0) is 21.1. The molecule has 8 heteroatoms. The van der Waals surface area contributed by atoms with Gasteiger partial charge >= 0.3 is 6.03 Å². The molecular formula is C21H22N4O3S. The zero-order valence-corrected chi connectivity index (χ0v) is 17.5. The maximum atomic E-state index is 13.4. The van der Waals surface area contributed by atoms with Gasteiger partial charge < -0.3 is 5.32 Å². The van der Waals surface area contributed by atoms with Crippen molar-refractivity contribution in [1.29, 1.82) is 0 Å². The first-order valence-electron chi connectivity index (χ1n) is 9.11. The minimum Gasteiger partial charge on any atom is -0.341 e. The summed E-state index contributed by atoms with van der Waals surface area (Å²) in [5, 5.41) is 4.86. The van der Waals surface area contributed by atoms with E-state index in [4.69, 9.17) is 0 Å². The fraction of sp³-hybridized carbons (Fsp3) is 0.238. The number of aromatic nitrogens is 2. The van der Waals surface area contributed by atoms with Crippen molar-refractivity contribution >= 4 is 34.6 Å². The van der Waals surface area contributed by atoms with Gasteiger partial charge in [-0.25, -0.2) is 9.78 Å². The lowest BCUT2D eigenvalue weighted by Crippen LogP contribution is -2.41. The molecule has 7 nitrogen and oxygen atoms in total. The number of thioether (sulfide) groups is 1. The molecule has 150 valence electrons. The van der Waals surface area contributed by atoms with Crippen molar-refractivity contribution in [2.24, 2.45) is 0 Å². The van der Waals surface area contributed by atoms with E-state index < -0.39 is 17.2 Å². The number of hydrogen-bond acceptors (Lipinski definition) is 5. The van der Waals surface area contributed by atoms with Crippen molar-refractivity contribution < 1.29 is 9.59 Å². The Balaban J connectivity index is 2.17. The van der Waals surface area contributed by atoms with Crippen LogP contribution in [0.15, 0.2) is 52.4 Å². The number of carbonyl (C=O) groups excluding carboxylic acids is 2. The first kappa shape index (κ1) is 20.6. The second-order valence-corrected chi connectivity index (χ2v) is 7.93. The maximum absolute atomic E-state index is 13.4. The van der Waals surface area contributed by atoms with Crippen molar-refractivity contribution in [2.45, 2.75) is 31.2 Å². The molecule has 3 rings (SSSR count). The van der Waals surface area contributed by atoms with Gasteiger partial charge in [-0.05, 0) is 44.0 Å². The molecule has 1 aromatic heterocycles. The summed E-state index contributed by atoms with van der Waals surface area (Å²) >= 11 is 1.13. The molecule has 0 spiro atoms. The van der Waals surface area contributed by atoms with Gasteiger partial charge in [0.05, 0.1) is 21.8 Å². The van der Waals surface area contributed by atoms with Crippen molar-refractivity contribution in [3.8, 4) is 5.69 Å². The molecule has 0 radical (unpaired) electrons. The lowest BCUT2D eigenvalue weighted by molar-refractivity contribution is -0.119. The first-order valence-corrected chi connectivity index (χ1v) is 9.99. The number of imide groups is 1. The summed E-state index contributed by atoms with van der Waals surface area (Å²) < 4.78 is 1.56. The summed E-state index contributed by atoms with van der Waals surface area (Å²) in [6, 6.07) is 12.3. The number of urea groups is 1. The number of para-hydroxylation sites is 2. The van der Waals surface area contributed by atoms with Gasteiger partial charge in [0.2, 0.25) is 5.91 Å². The van der Waals surface area contributed by atoms with Crippen LogP contribution in [0.2, 0.25) is 0 Å². The molecule has 0 saturated carbocycles. The molecule has 2 N–H and O–H groups in total. The molecule has 0 aliphatic heterocycles. The van der Waals surface area contributed by atoms with Crippen LogP contribution < -0.4 is 16.2 Å². The van der Waals surface area contributed by atoms with E-state index in [0.29, 0.717) is 16.1 Å². The molecule has 0 bridgehead atoms. The van der Waals surface area contributed by atoms with E-state index in [1.807, 2.05) is 38.1 Å². The molecule has 0 fully saturated rings. The number of amides is 3. The maximum Gasteiger partial charge on any atom is 0.321 e. The summed E-state index contributed by atoms with van der Waals surface area (Å²) in [5.41, 5.74) is 2.95. The second kappa shape index (κ2) is 8.48. The van der Waals surface area contributed by atoms with Gasteiger partial charge in [0.1, 0.15) is 0 Å². The van der Waals surface area contributed by atoms with E-state index in [9.17, 15) is 14.4 Å². The molecule has 0 aliphatic carbocycles. The van der Waals surface area contributed by atoms with E-state index in [2.05, 4.69) is 15.6 Å². The SMILES string of the molecule is CNC(=O)NC(=O)[C@H](C)Sc1nc2ccccc2c(=O)n1-c1c(C)cccc1C. The average Bonchev–Trinajstić information content (AvgIpc) is 2.69. The van der Waals surface area contributed by atoms with Crippen LogP contribution in [-0.4, -0.2) is 33.8 Å². The number of aryl methyl sites for hydroxylation is 2. The van der Waals surface area contributed by atoms with Gasteiger partial charge in [-0.3, -0.25) is 19.5 Å². The highest BCUT2D eigenvalue weighted by molar-refractivity contribution is 8.00. The molecule has 29 heavy (non-hydrogen) atoms. The van der Waals surface area contributed by atoms with Crippen LogP contribution in [0.25, 0.3) is 16.6 Å². The van der Waals surface area contributed by atoms with Gasteiger partial charge in [0.15, 0.2) is 5.16 Å². The second-order valence-electron chi connectivity index (χ2n) is 6.62. The molecule has 1 heterocycles. The minimum absolute atomic E-state index is 0.200. The molecule has 0 aliphatic rings. The first-order chi connectivity index (χ1) is 13.8. The highest BCUT2D eigenvalue weighted by Gasteiger charge is 2.22. The Hall–Kier alpha value is -3.13. The Kier molecular flexibility index (Phi) is 6.03. The number of hydrogen-bond donors (Lipinski definition) is 2. The van der Waals surface area contributed by atoms with Crippen molar-refractivity contribution in [3.63, 3.8) is 0 Å². The summed E-state index contributed by atoms with van der Waals surface area (Å²) in [7, 11) is 1.43. The van der Waals surface area contributed by atoms with E-state index in [1.54, 1.807) is 29.7 Å². The standard InChI is InChI=1S/C21H22N4O3S/c1-12-8-7-9-13(2)17(12)25-19(27)15-10-5-6-11-16(15)23-21(25)29-14(3)18(26)24-20(28)22-4/h5-11,14H,1-4H3,(H2,22,24,26,28)/t14-/m0/s1.